The average molecular weight is 204 g/mol. The minimum Gasteiger partial charge on any atom is -0.478 e. The van der Waals surface area contributed by atoms with Crippen molar-refractivity contribution >= 4 is 28.6 Å². The van der Waals surface area contributed by atoms with Crippen molar-refractivity contribution in [3.05, 3.63) is 22.8 Å². The van der Waals surface area contributed by atoms with Crippen molar-refractivity contribution in [3.8, 4) is 0 Å². The normalized spacial score (nSPS) is 11.7. The summed E-state index contributed by atoms with van der Waals surface area (Å²) in [5.74, 6) is -1.07. The van der Waals surface area contributed by atoms with Crippen LogP contribution in [-0.4, -0.2) is 17.8 Å². The fourth-order valence-corrected chi connectivity index (χ4v) is 0.676. The average Bonchev–Trinajstić information content (AvgIpc) is 1.88. The van der Waals surface area contributed by atoms with Gasteiger partial charge in [0.1, 0.15) is 4.61 Å². The maximum atomic E-state index is 10.3. The van der Waals surface area contributed by atoms with E-state index >= 15 is 0 Å². The number of halogens is 1. The van der Waals surface area contributed by atoms with Crippen molar-refractivity contribution < 1.29 is 9.90 Å². The number of carbonyl (C=O) groups is 1. The van der Waals surface area contributed by atoms with Crippen molar-refractivity contribution in [2.24, 2.45) is 4.99 Å². The highest BCUT2D eigenvalue weighted by Crippen LogP contribution is 2.13. The van der Waals surface area contributed by atoms with Crippen molar-refractivity contribution in [1.29, 1.82) is 0 Å². The quantitative estimate of drug-likeness (QED) is 0.328. The Hall–Kier alpha value is -0.900. The van der Waals surface area contributed by atoms with Gasteiger partial charge in [0, 0.05) is 0 Å². The predicted octanol–water partition coefficient (Wildman–Crippen LogP) is 1.56. The van der Waals surface area contributed by atoms with Gasteiger partial charge in [-0.05, 0) is 22.6 Å². The first-order chi connectivity index (χ1) is 4.63. The van der Waals surface area contributed by atoms with Crippen molar-refractivity contribution in [3.63, 3.8) is 0 Å². The molecule has 0 fully saturated rings. The number of hydrogen-bond donors (Lipinski definition) is 1. The Bertz CT molecular complexity index is 208. The monoisotopic (exact) mass is 203 g/mol. The van der Waals surface area contributed by atoms with Gasteiger partial charge in [-0.1, -0.05) is 12.7 Å². The van der Waals surface area contributed by atoms with Crippen LogP contribution in [-0.2, 0) is 4.79 Å². The molecule has 3 nitrogen and oxygen atoms in total. The summed E-state index contributed by atoms with van der Waals surface area (Å²) in [4.78, 5) is 13.7. The molecule has 0 bridgehead atoms. The fraction of sp³-hybridized carbons (Fsp3) is 0. The highest BCUT2D eigenvalue weighted by atomic mass is 79.9. The third-order valence-electron chi connectivity index (χ3n) is 0.796. The smallest absolute Gasteiger partial charge is 0.338 e. The summed E-state index contributed by atoms with van der Waals surface area (Å²) in [5, 5.41) is 8.43. The minimum absolute atomic E-state index is 0.00926. The summed E-state index contributed by atoms with van der Waals surface area (Å²) < 4.78 is 0.190. The Morgan fingerprint density at radius 1 is 1.70 bits per heavy atom. The van der Waals surface area contributed by atoms with Gasteiger partial charge in [0.25, 0.3) is 0 Å². The Balaban J connectivity index is 4.79. The zero-order chi connectivity index (χ0) is 8.15. The molecule has 0 atom stereocenters. The van der Waals surface area contributed by atoms with E-state index in [0.29, 0.717) is 0 Å². The van der Waals surface area contributed by atoms with E-state index in [1.165, 1.54) is 6.08 Å². The number of aliphatic imine (C=N–C) groups is 1. The molecule has 10 heavy (non-hydrogen) atoms. The van der Waals surface area contributed by atoms with E-state index in [-0.39, 0.29) is 10.2 Å². The maximum absolute atomic E-state index is 10.3. The van der Waals surface area contributed by atoms with Gasteiger partial charge in [-0.15, -0.1) is 0 Å². The molecule has 0 amide bonds. The van der Waals surface area contributed by atoms with E-state index in [1.54, 1.807) is 0 Å². The highest BCUT2D eigenvalue weighted by molar-refractivity contribution is 9.11. The van der Waals surface area contributed by atoms with Gasteiger partial charge >= 0.3 is 5.97 Å². The van der Waals surface area contributed by atoms with Crippen LogP contribution < -0.4 is 0 Å². The summed E-state index contributed by atoms with van der Waals surface area (Å²) in [6.07, 6.45) is 1.20. The number of aliphatic carboxylic acids is 1. The van der Waals surface area contributed by atoms with Gasteiger partial charge in [0.15, 0.2) is 0 Å². The van der Waals surface area contributed by atoms with Crippen LogP contribution >= 0.6 is 15.9 Å². The second-order valence-corrected chi connectivity index (χ2v) is 2.12. The Labute approximate surface area is 66.9 Å². The lowest BCUT2D eigenvalue weighted by atomic mass is 10.3. The molecule has 0 aliphatic heterocycles. The number of carboxylic acid groups (broad SMARTS) is 1. The molecule has 0 aromatic heterocycles. The molecule has 0 unspecified atom stereocenters. The fourth-order valence-electron chi connectivity index (χ4n) is 0.345. The van der Waals surface area contributed by atoms with Gasteiger partial charge in [-0.2, -0.15) is 0 Å². The molecule has 0 aliphatic rings. The van der Waals surface area contributed by atoms with Crippen LogP contribution in [0, 0.1) is 0 Å². The van der Waals surface area contributed by atoms with Crippen LogP contribution in [0.1, 0.15) is 0 Å². The van der Waals surface area contributed by atoms with E-state index < -0.39 is 5.97 Å². The molecule has 1 N–H and O–H groups in total. The molecular weight excluding hydrogens is 198 g/mol. The van der Waals surface area contributed by atoms with Crippen molar-refractivity contribution in [1.82, 2.24) is 0 Å². The van der Waals surface area contributed by atoms with Crippen LogP contribution in [0.25, 0.3) is 0 Å². The third kappa shape index (κ3) is 2.14. The summed E-state index contributed by atoms with van der Waals surface area (Å²) in [6, 6.07) is 0. The third-order valence-corrected chi connectivity index (χ3v) is 1.47. The largest absolute Gasteiger partial charge is 0.478 e. The zero-order valence-electron chi connectivity index (χ0n) is 5.17. The van der Waals surface area contributed by atoms with Gasteiger partial charge in [-0.3, -0.25) is 4.99 Å². The van der Waals surface area contributed by atoms with Crippen LogP contribution in [0.3, 0.4) is 0 Å². The molecule has 0 saturated carbocycles. The van der Waals surface area contributed by atoms with Gasteiger partial charge in [-0.25, -0.2) is 4.79 Å². The molecule has 0 aliphatic carbocycles. The van der Waals surface area contributed by atoms with Crippen LogP contribution in [0.2, 0.25) is 0 Å². The lowest BCUT2D eigenvalue weighted by Crippen LogP contribution is -1.98. The highest BCUT2D eigenvalue weighted by Gasteiger charge is 2.06. The van der Waals surface area contributed by atoms with E-state index in [1.807, 2.05) is 0 Å². The van der Waals surface area contributed by atoms with Crippen molar-refractivity contribution in [2.45, 2.75) is 0 Å². The standard InChI is InChI=1S/C6H6BrNO2/c1-3-4(6(9)10)5(7)8-2/h3H,1-2H2,(H,9,10)/b5-4+. The molecule has 0 heterocycles. The number of nitrogens with zero attached hydrogens (tertiary/aromatic N) is 1. The summed E-state index contributed by atoms with van der Waals surface area (Å²) in [5.41, 5.74) is 0.00926. The zero-order valence-corrected chi connectivity index (χ0v) is 6.76. The Kier molecular flexibility index (Phi) is 3.64. The first-order valence-corrected chi connectivity index (χ1v) is 3.15. The van der Waals surface area contributed by atoms with E-state index in [0.717, 1.165) is 0 Å². The molecular formula is C6H6BrNO2. The Morgan fingerprint density at radius 2 is 2.20 bits per heavy atom. The van der Waals surface area contributed by atoms with Gasteiger partial charge in [0.05, 0.1) is 5.57 Å². The van der Waals surface area contributed by atoms with Crippen LogP contribution in [0.5, 0.6) is 0 Å². The Morgan fingerprint density at radius 3 is 2.30 bits per heavy atom. The van der Waals surface area contributed by atoms with Crippen LogP contribution in [0.15, 0.2) is 27.8 Å². The topological polar surface area (TPSA) is 49.7 Å². The first-order valence-electron chi connectivity index (χ1n) is 2.35. The molecule has 0 aromatic carbocycles. The number of carboxylic acids is 1. The lowest BCUT2D eigenvalue weighted by molar-refractivity contribution is -0.132. The first kappa shape index (κ1) is 9.10. The molecule has 0 radical (unpaired) electrons. The molecule has 0 aromatic rings. The second-order valence-electron chi connectivity index (χ2n) is 1.37. The summed E-state index contributed by atoms with van der Waals surface area (Å²) in [7, 11) is 0. The van der Waals surface area contributed by atoms with Gasteiger partial charge < -0.3 is 5.11 Å². The molecule has 54 valence electrons. The molecule has 4 heteroatoms. The second kappa shape index (κ2) is 4.00. The van der Waals surface area contributed by atoms with Crippen molar-refractivity contribution in [2.75, 3.05) is 0 Å². The van der Waals surface area contributed by atoms with Crippen LogP contribution in [0.4, 0.5) is 0 Å². The lowest BCUT2D eigenvalue weighted by Gasteiger charge is -1.93. The number of hydrogen-bond acceptors (Lipinski definition) is 2. The summed E-state index contributed by atoms with van der Waals surface area (Å²) >= 11 is 2.90. The maximum Gasteiger partial charge on any atom is 0.338 e. The SMILES string of the molecule is C=C/C(C(=O)O)=C(/Br)N=C. The van der Waals surface area contributed by atoms with E-state index in [9.17, 15) is 4.79 Å². The predicted molar refractivity (Wildman–Crippen MR) is 43.3 cm³/mol. The molecule has 0 spiro atoms. The minimum atomic E-state index is -1.07. The number of rotatable bonds is 3. The summed E-state index contributed by atoms with van der Waals surface area (Å²) in [6.45, 7) is 6.44. The van der Waals surface area contributed by atoms with E-state index in [4.69, 9.17) is 5.11 Å². The van der Waals surface area contributed by atoms with E-state index in [2.05, 4.69) is 34.2 Å². The van der Waals surface area contributed by atoms with Gasteiger partial charge in [0.2, 0.25) is 0 Å². The molecule has 0 rings (SSSR count). The molecule has 0 saturated heterocycles.